The van der Waals surface area contributed by atoms with Crippen LogP contribution in [0, 0.1) is 29.3 Å². The fraction of sp³-hybridized carbons (Fsp3) is 0.414. The van der Waals surface area contributed by atoms with Gasteiger partial charge in [0.1, 0.15) is 29.5 Å². The Kier molecular flexibility index (Phi) is 8.51. The Balaban J connectivity index is 1.24. The van der Waals surface area contributed by atoms with Crippen molar-refractivity contribution in [3.05, 3.63) is 82.8 Å². The van der Waals surface area contributed by atoms with Gasteiger partial charge < -0.3 is 20.3 Å². The van der Waals surface area contributed by atoms with Gasteiger partial charge in [0.25, 0.3) is 0 Å². The van der Waals surface area contributed by atoms with E-state index in [1.54, 1.807) is 6.08 Å². The van der Waals surface area contributed by atoms with Gasteiger partial charge in [0.2, 0.25) is 11.8 Å². The van der Waals surface area contributed by atoms with E-state index in [1.165, 1.54) is 35.2 Å². The zero-order chi connectivity index (χ0) is 28.2. The lowest BCUT2D eigenvalue weighted by molar-refractivity contribution is -0.136. The number of benzene rings is 2. The van der Waals surface area contributed by atoms with Gasteiger partial charge in [-0.3, -0.25) is 19.3 Å². The molecular weight excluding hydrogens is 525 g/mol. The van der Waals surface area contributed by atoms with Crippen molar-refractivity contribution in [2.75, 3.05) is 39.4 Å². The maximum Gasteiger partial charge on any atom is 0.237 e. The molecule has 0 aliphatic carbocycles. The molecule has 3 aliphatic rings. The van der Waals surface area contributed by atoms with Gasteiger partial charge in [0, 0.05) is 35.4 Å². The van der Waals surface area contributed by atoms with Crippen molar-refractivity contribution in [1.82, 2.24) is 20.4 Å². The average molecular weight is 557 g/mol. The lowest BCUT2D eigenvalue weighted by Gasteiger charge is -2.38. The molecule has 2 N–H and O–H groups in total. The Hall–Kier alpha value is -3.70. The molecule has 8 nitrogen and oxygen atoms in total. The molecule has 0 bridgehead atoms. The highest BCUT2D eigenvalue weighted by Gasteiger charge is 2.35. The van der Waals surface area contributed by atoms with Crippen molar-refractivity contribution in [2.24, 2.45) is 11.8 Å². The number of hydrogen-bond donors (Lipinski definition) is 2. The third-order valence-corrected chi connectivity index (χ3v) is 7.63. The summed E-state index contributed by atoms with van der Waals surface area (Å²) in [7, 11) is 0. The molecule has 2 unspecified atom stereocenters. The van der Waals surface area contributed by atoms with Gasteiger partial charge in [-0.15, -0.1) is 0 Å². The molecule has 2 atom stereocenters. The monoisotopic (exact) mass is 556 g/mol. The first-order valence-electron chi connectivity index (χ1n) is 13.4. The van der Waals surface area contributed by atoms with E-state index < -0.39 is 29.5 Å². The van der Waals surface area contributed by atoms with Crippen LogP contribution in [0.1, 0.15) is 28.8 Å². The first-order chi connectivity index (χ1) is 19.3. The molecule has 5 rings (SSSR count). The summed E-state index contributed by atoms with van der Waals surface area (Å²) in [6.45, 7) is 1.66. The largest absolute Gasteiger partial charge is 0.376 e. The Labute approximate surface area is 230 Å². The molecule has 0 aromatic heterocycles. The van der Waals surface area contributed by atoms with E-state index in [0.717, 1.165) is 17.8 Å². The minimum Gasteiger partial charge on any atom is -0.376 e. The Morgan fingerprint density at radius 1 is 1.00 bits per heavy atom. The molecule has 2 aromatic carbocycles. The SMILES string of the molecule is O=C(c1ccc(F)cc1)C1CCN(CC(=O)N(Cc2ccc(F)cc2F)CC2NC(=O)C3COCC=C3N2)CC1. The van der Waals surface area contributed by atoms with Crippen molar-refractivity contribution in [3.63, 3.8) is 0 Å². The fourth-order valence-electron chi connectivity index (χ4n) is 5.37. The number of nitrogens with one attached hydrogen (secondary N) is 2. The van der Waals surface area contributed by atoms with Crippen molar-refractivity contribution < 1.29 is 32.3 Å². The zero-order valence-electron chi connectivity index (χ0n) is 21.9. The molecule has 0 radical (unpaired) electrons. The summed E-state index contributed by atoms with van der Waals surface area (Å²) in [4.78, 5) is 42.4. The van der Waals surface area contributed by atoms with Crippen LogP contribution in [0.3, 0.4) is 0 Å². The smallest absolute Gasteiger partial charge is 0.237 e. The van der Waals surface area contributed by atoms with Crippen molar-refractivity contribution in [3.8, 4) is 0 Å². The van der Waals surface area contributed by atoms with Crippen LogP contribution < -0.4 is 10.6 Å². The highest BCUT2D eigenvalue weighted by Crippen LogP contribution is 2.23. The first kappa shape index (κ1) is 27.9. The third kappa shape index (κ3) is 6.53. The average Bonchev–Trinajstić information content (AvgIpc) is 2.94. The van der Waals surface area contributed by atoms with Crippen molar-refractivity contribution in [1.29, 1.82) is 0 Å². The molecular formula is C29H31F3N4O4. The van der Waals surface area contributed by atoms with Crippen molar-refractivity contribution in [2.45, 2.75) is 25.6 Å². The van der Waals surface area contributed by atoms with E-state index in [4.69, 9.17) is 4.74 Å². The zero-order valence-corrected chi connectivity index (χ0v) is 21.9. The van der Waals surface area contributed by atoms with Gasteiger partial charge >= 0.3 is 0 Å². The Bertz CT molecular complexity index is 1290. The minimum atomic E-state index is -0.759. The number of halogens is 3. The van der Waals surface area contributed by atoms with Gasteiger partial charge in [-0.1, -0.05) is 6.07 Å². The second kappa shape index (κ2) is 12.2. The molecule has 2 aromatic rings. The standard InChI is InChI=1S/C29H31F3N4O4/c30-21-4-1-18(2-5-21)28(38)19-7-10-35(11-8-19)16-27(37)36(14-20-3-6-22(31)13-24(20)32)15-26-33-25-9-12-40-17-23(25)29(39)34-26/h1-6,9,13,19,23,26,33H,7-8,10-12,14-17H2,(H,34,39). The number of piperidine rings is 1. The van der Waals surface area contributed by atoms with E-state index in [9.17, 15) is 27.6 Å². The third-order valence-electron chi connectivity index (χ3n) is 7.63. The van der Waals surface area contributed by atoms with Crippen LogP contribution in [0.2, 0.25) is 0 Å². The number of nitrogens with zero attached hydrogens (tertiary/aromatic N) is 2. The van der Waals surface area contributed by atoms with Crippen LogP contribution in [-0.4, -0.2) is 73.0 Å². The summed E-state index contributed by atoms with van der Waals surface area (Å²) in [6, 6.07) is 8.72. The number of Topliss-reactive ketones (excluding diaryl/α,β-unsaturated/α-hetero) is 1. The quantitative estimate of drug-likeness (QED) is 0.486. The molecule has 3 heterocycles. The highest BCUT2D eigenvalue weighted by atomic mass is 19.1. The molecule has 3 aliphatic heterocycles. The Morgan fingerprint density at radius 2 is 1.73 bits per heavy atom. The van der Waals surface area contributed by atoms with Crippen LogP contribution in [0.4, 0.5) is 13.2 Å². The van der Waals surface area contributed by atoms with Crippen LogP contribution in [0.15, 0.2) is 54.2 Å². The molecule has 2 amide bonds. The number of ketones is 1. The number of carbonyl (C=O) groups is 3. The molecule has 11 heteroatoms. The van der Waals surface area contributed by atoms with E-state index in [2.05, 4.69) is 10.6 Å². The summed E-state index contributed by atoms with van der Waals surface area (Å²) in [5.41, 5.74) is 1.35. The van der Waals surface area contributed by atoms with Gasteiger partial charge in [0.05, 0.1) is 26.3 Å². The van der Waals surface area contributed by atoms with Crippen LogP contribution in [0.5, 0.6) is 0 Å². The minimum absolute atomic E-state index is 0.0418. The predicted octanol–water partition coefficient (Wildman–Crippen LogP) is 2.60. The fourth-order valence-corrected chi connectivity index (χ4v) is 5.37. The summed E-state index contributed by atoms with van der Waals surface area (Å²) in [5.74, 6) is -3.08. The van der Waals surface area contributed by atoms with Crippen LogP contribution >= 0.6 is 0 Å². The molecule has 0 saturated carbocycles. The van der Waals surface area contributed by atoms with Gasteiger partial charge in [-0.05, 0) is 62.3 Å². The maximum atomic E-state index is 14.5. The van der Waals surface area contributed by atoms with Crippen LogP contribution in [0.25, 0.3) is 0 Å². The number of likely N-dealkylation sites (tertiary alicyclic amines) is 1. The van der Waals surface area contributed by atoms with E-state index in [1.807, 2.05) is 4.90 Å². The number of hydrogen-bond acceptors (Lipinski definition) is 6. The van der Waals surface area contributed by atoms with Gasteiger partial charge in [-0.2, -0.15) is 0 Å². The molecule has 2 saturated heterocycles. The number of fused-ring (bicyclic) bond motifs is 1. The van der Waals surface area contributed by atoms with E-state index in [0.29, 0.717) is 38.1 Å². The summed E-state index contributed by atoms with van der Waals surface area (Å²) < 4.78 is 46.6. The summed E-state index contributed by atoms with van der Waals surface area (Å²) >= 11 is 0. The lowest BCUT2D eigenvalue weighted by Crippen LogP contribution is -2.61. The molecule has 0 spiro atoms. The molecule has 212 valence electrons. The topological polar surface area (TPSA) is 91.0 Å². The summed E-state index contributed by atoms with van der Waals surface area (Å²) in [5, 5.41) is 6.11. The molecule has 40 heavy (non-hydrogen) atoms. The number of rotatable bonds is 8. The Morgan fingerprint density at radius 3 is 2.45 bits per heavy atom. The number of ether oxygens (including phenoxy) is 1. The second-order valence-corrected chi connectivity index (χ2v) is 10.4. The van der Waals surface area contributed by atoms with E-state index in [-0.39, 0.29) is 55.3 Å². The first-order valence-corrected chi connectivity index (χ1v) is 13.4. The predicted molar refractivity (Wildman–Crippen MR) is 139 cm³/mol. The number of carbonyl (C=O) groups excluding carboxylic acids is 3. The molecule has 2 fully saturated rings. The lowest BCUT2D eigenvalue weighted by atomic mass is 9.89. The normalized spacial score (nSPS) is 21.6. The van der Waals surface area contributed by atoms with Crippen molar-refractivity contribution >= 4 is 17.6 Å². The highest BCUT2D eigenvalue weighted by molar-refractivity contribution is 5.97. The second-order valence-electron chi connectivity index (χ2n) is 10.4. The van der Waals surface area contributed by atoms with Gasteiger partial charge in [-0.25, -0.2) is 13.2 Å². The maximum absolute atomic E-state index is 14.5. The van der Waals surface area contributed by atoms with Crippen LogP contribution in [-0.2, 0) is 20.9 Å². The van der Waals surface area contributed by atoms with Gasteiger partial charge in [0.15, 0.2) is 5.78 Å². The van der Waals surface area contributed by atoms with E-state index >= 15 is 0 Å². The summed E-state index contributed by atoms with van der Waals surface area (Å²) in [6.07, 6.45) is 2.30. The number of amides is 2.